The number of aromatic nitrogens is 1. The molecule has 0 spiro atoms. The average molecular weight is 295 g/mol. The normalized spacial score (nSPS) is 28.6. The van der Waals surface area contributed by atoms with Crippen molar-refractivity contribution in [3.63, 3.8) is 0 Å². The van der Waals surface area contributed by atoms with Gasteiger partial charge in [-0.15, -0.1) is 11.3 Å². The first-order chi connectivity index (χ1) is 9.75. The molecule has 20 heavy (non-hydrogen) atoms. The summed E-state index contributed by atoms with van der Waals surface area (Å²) in [6.07, 6.45) is 3.86. The molecule has 2 fully saturated rings. The fraction of sp³-hybridized carbons (Fsp3) is 0.714. The van der Waals surface area contributed by atoms with Gasteiger partial charge in [-0.05, 0) is 19.8 Å². The smallest absolute Gasteiger partial charge is 0.242 e. The van der Waals surface area contributed by atoms with Gasteiger partial charge in [0.05, 0.1) is 17.7 Å². The van der Waals surface area contributed by atoms with Gasteiger partial charge in [-0.25, -0.2) is 4.98 Å². The predicted octanol–water partition coefficient (Wildman–Crippen LogP) is 1.23. The van der Waals surface area contributed by atoms with E-state index in [1.807, 2.05) is 23.4 Å². The molecule has 2 aliphatic rings. The number of nitrogens with zero attached hydrogens (tertiary/aromatic N) is 2. The zero-order valence-corrected chi connectivity index (χ0v) is 12.6. The Bertz CT molecular complexity index is 443. The number of piperidine rings is 1. The topological polar surface area (TPSA) is 54.5 Å². The molecule has 1 aromatic rings. The highest BCUT2D eigenvalue weighted by Crippen LogP contribution is 2.29. The minimum absolute atomic E-state index is 0.0343. The maximum absolute atomic E-state index is 12.5. The number of ether oxygens (including phenoxy) is 1. The maximum Gasteiger partial charge on any atom is 0.242 e. The van der Waals surface area contributed by atoms with E-state index in [1.165, 1.54) is 5.01 Å². The van der Waals surface area contributed by atoms with Crippen LogP contribution in [-0.2, 0) is 9.53 Å². The molecule has 0 unspecified atom stereocenters. The Balaban J connectivity index is 1.56. The fourth-order valence-electron chi connectivity index (χ4n) is 2.99. The second-order valence-corrected chi connectivity index (χ2v) is 6.40. The van der Waals surface area contributed by atoms with Crippen LogP contribution in [0, 0.1) is 0 Å². The number of nitrogens with one attached hydrogen (secondary N) is 1. The van der Waals surface area contributed by atoms with Gasteiger partial charge < -0.3 is 15.0 Å². The van der Waals surface area contributed by atoms with Crippen molar-refractivity contribution < 1.29 is 9.53 Å². The highest BCUT2D eigenvalue weighted by molar-refractivity contribution is 7.09. The number of thiazole rings is 1. The molecule has 3 rings (SSSR count). The first kappa shape index (κ1) is 14.0. The Kier molecular flexibility index (Phi) is 4.33. The van der Waals surface area contributed by atoms with Crippen LogP contribution >= 0.6 is 11.3 Å². The van der Waals surface area contributed by atoms with Crippen LogP contribution in [0.3, 0.4) is 0 Å². The lowest BCUT2D eigenvalue weighted by Gasteiger charge is -2.37. The first-order valence-electron chi connectivity index (χ1n) is 7.29. The number of hydrogen-bond acceptors (Lipinski definition) is 5. The van der Waals surface area contributed by atoms with Gasteiger partial charge >= 0.3 is 0 Å². The molecule has 1 amide bonds. The van der Waals surface area contributed by atoms with Crippen LogP contribution < -0.4 is 5.32 Å². The molecule has 0 bridgehead atoms. The Morgan fingerprint density at radius 3 is 2.95 bits per heavy atom. The highest BCUT2D eigenvalue weighted by atomic mass is 32.1. The van der Waals surface area contributed by atoms with E-state index in [9.17, 15) is 4.79 Å². The summed E-state index contributed by atoms with van der Waals surface area (Å²) < 4.78 is 5.56. The van der Waals surface area contributed by atoms with Crippen LogP contribution in [-0.4, -0.2) is 54.2 Å². The van der Waals surface area contributed by atoms with Crippen LogP contribution in [0.15, 0.2) is 11.6 Å². The molecule has 1 aromatic heterocycles. The summed E-state index contributed by atoms with van der Waals surface area (Å²) in [5.74, 6) is 0.710. The minimum Gasteiger partial charge on any atom is -0.375 e. The molecule has 1 N–H and O–H groups in total. The van der Waals surface area contributed by atoms with Crippen molar-refractivity contribution in [2.75, 3.05) is 26.2 Å². The van der Waals surface area contributed by atoms with Crippen LogP contribution in [0.2, 0.25) is 0 Å². The van der Waals surface area contributed by atoms with E-state index < -0.39 is 0 Å². The molecule has 110 valence electrons. The van der Waals surface area contributed by atoms with Crippen molar-refractivity contribution >= 4 is 17.2 Å². The number of hydrogen-bond donors (Lipinski definition) is 1. The molecule has 0 aromatic carbocycles. The van der Waals surface area contributed by atoms with Gasteiger partial charge in [0.2, 0.25) is 5.91 Å². The number of carbonyl (C=O) groups is 1. The second-order valence-electron chi connectivity index (χ2n) is 5.48. The average Bonchev–Trinajstić information content (AvgIpc) is 3.01. The monoisotopic (exact) mass is 295 g/mol. The SMILES string of the molecule is C[C@H]1OCCN[C@@H]1C(=O)N1CCC(c2nccs2)CC1. The lowest BCUT2D eigenvalue weighted by Crippen LogP contribution is -2.57. The fourth-order valence-corrected chi connectivity index (χ4v) is 3.80. The van der Waals surface area contributed by atoms with Crippen LogP contribution in [0.25, 0.3) is 0 Å². The zero-order chi connectivity index (χ0) is 13.9. The van der Waals surface area contributed by atoms with Crippen molar-refractivity contribution in [2.24, 2.45) is 0 Å². The van der Waals surface area contributed by atoms with Crippen molar-refractivity contribution in [3.8, 4) is 0 Å². The van der Waals surface area contributed by atoms with E-state index in [0.29, 0.717) is 12.5 Å². The Hall–Kier alpha value is -0.980. The van der Waals surface area contributed by atoms with E-state index in [4.69, 9.17) is 4.74 Å². The van der Waals surface area contributed by atoms with Crippen LogP contribution in [0.1, 0.15) is 30.7 Å². The molecule has 0 saturated carbocycles. The first-order valence-corrected chi connectivity index (χ1v) is 8.17. The van der Waals surface area contributed by atoms with E-state index in [0.717, 1.165) is 32.5 Å². The standard InChI is InChI=1S/C14H21N3O2S/c1-10-12(15-4-8-19-10)14(18)17-6-2-11(3-7-17)13-16-5-9-20-13/h5,9-12,15H,2-4,6-8H2,1H3/t10-,12+/m1/s1. The molecule has 3 heterocycles. The van der Waals surface area contributed by atoms with Crippen molar-refractivity contribution in [1.82, 2.24) is 15.2 Å². The van der Waals surface area contributed by atoms with Crippen molar-refractivity contribution in [1.29, 1.82) is 0 Å². The molecule has 2 atom stereocenters. The molecule has 5 nitrogen and oxygen atoms in total. The minimum atomic E-state index is -0.180. The Morgan fingerprint density at radius 1 is 1.50 bits per heavy atom. The number of rotatable bonds is 2. The van der Waals surface area contributed by atoms with E-state index in [-0.39, 0.29) is 18.1 Å². The maximum atomic E-state index is 12.5. The molecule has 0 aliphatic carbocycles. The van der Waals surface area contributed by atoms with Crippen molar-refractivity contribution in [3.05, 3.63) is 16.6 Å². The van der Waals surface area contributed by atoms with Gasteiger partial charge in [0.25, 0.3) is 0 Å². The molecular formula is C14H21N3O2S. The molecular weight excluding hydrogens is 274 g/mol. The number of carbonyl (C=O) groups excluding carboxylic acids is 1. The third-order valence-corrected chi connectivity index (χ3v) is 5.13. The zero-order valence-electron chi connectivity index (χ0n) is 11.7. The predicted molar refractivity (Wildman–Crippen MR) is 77.9 cm³/mol. The van der Waals surface area contributed by atoms with Crippen LogP contribution in [0.4, 0.5) is 0 Å². The third kappa shape index (κ3) is 2.87. The summed E-state index contributed by atoms with van der Waals surface area (Å²) in [7, 11) is 0. The van der Waals surface area contributed by atoms with E-state index >= 15 is 0 Å². The number of likely N-dealkylation sites (tertiary alicyclic amines) is 1. The molecule has 2 saturated heterocycles. The third-order valence-electron chi connectivity index (χ3n) is 4.19. The summed E-state index contributed by atoms with van der Waals surface area (Å²) in [6, 6.07) is -0.180. The van der Waals surface area contributed by atoms with Crippen molar-refractivity contribution in [2.45, 2.75) is 37.8 Å². The van der Waals surface area contributed by atoms with Gasteiger partial charge in [-0.1, -0.05) is 0 Å². The molecule has 2 aliphatic heterocycles. The van der Waals surface area contributed by atoms with E-state index in [2.05, 4.69) is 10.3 Å². The van der Waals surface area contributed by atoms with Gasteiger partial charge in [0.1, 0.15) is 6.04 Å². The Labute approximate surface area is 123 Å². The largest absolute Gasteiger partial charge is 0.375 e. The molecule has 0 radical (unpaired) electrons. The number of morpholine rings is 1. The van der Waals surface area contributed by atoms with Gasteiger partial charge in [-0.3, -0.25) is 4.79 Å². The summed E-state index contributed by atoms with van der Waals surface area (Å²) in [4.78, 5) is 18.9. The second kappa shape index (κ2) is 6.20. The van der Waals surface area contributed by atoms with Crippen LogP contribution in [0.5, 0.6) is 0 Å². The van der Waals surface area contributed by atoms with Gasteiger partial charge in [0.15, 0.2) is 0 Å². The summed E-state index contributed by atoms with van der Waals surface area (Å²) >= 11 is 1.72. The molecule has 6 heteroatoms. The lowest BCUT2D eigenvalue weighted by molar-refractivity contribution is -0.140. The van der Waals surface area contributed by atoms with E-state index in [1.54, 1.807) is 11.3 Å². The summed E-state index contributed by atoms with van der Waals surface area (Å²) in [6.45, 7) is 5.08. The van der Waals surface area contributed by atoms with Gasteiger partial charge in [-0.2, -0.15) is 0 Å². The lowest BCUT2D eigenvalue weighted by atomic mass is 9.96. The summed E-state index contributed by atoms with van der Waals surface area (Å²) in [5.41, 5.74) is 0. The summed E-state index contributed by atoms with van der Waals surface area (Å²) in [5, 5.41) is 6.52. The number of amides is 1. The highest BCUT2D eigenvalue weighted by Gasteiger charge is 2.34. The quantitative estimate of drug-likeness (QED) is 0.891. The Morgan fingerprint density at radius 2 is 2.30 bits per heavy atom. The van der Waals surface area contributed by atoms with Gasteiger partial charge in [0, 0.05) is 37.1 Å².